The quantitative estimate of drug-likeness (QED) is 0.719. The van der Waals surface area contributed by atoms with Crippen molar-refractivity contribution in [2.45, 2.75) is 38.9 Å². The average Bonchev–Trinajstić information content (AvgIpc) is 2.95. The molecule has 1 aromatic rings. The molecule has 2 rings (SSSR count). The summed E-state index contributed by atoms with van der Waals surface area (Å²) >= 11 is 0. The van der Waals surface area contributed by atoms with Gasteiger partial charge in [0.05, 0.1) is 18.3 Å². The second-order valence-electron chi connectivity index (χ2n) is 5.20. The van der Waals surface area contributed by atoms with Gasteiger partial charge in [0.25, 0.3) is 5.91 Å². The number of carbonyl (C=O) groups is 3. The fourth-order valence-electron chi connectivity index (χ4n) is 2.26. The first-order valence-electron chi connectivity index (χ1n) is 6.78. The van der Waals surface area contributed by atoms with Crippen LogP contribution >= 0.6 is 0 Å². The summed E-state index contributed by atoms with van der Waals surface area (Å²) in [6.07, 6.45) is 3.29. The van der Waals surface area contributed by atoms with E-state index in [2.05, 4.69) is 15.7 Å². The van der Waals surface area contributed by atoms with Crippen LogP contribution in [0.15, 0.2) is 12.4 Å². The number of aromatic nitrogens is 2. The van der Waals surface area contributed by atoms with Gasteiger partial charge in [-0.15, -0.1) is 0 Å². The Balaban J connectivity index is 2.01. The number of amides is 3. The number of hydrogen-bond acceptors (Lipinski definition) is 5. The SMILES string of the molecule is CNC(=O)Cn1cc(NC2CC(=O)N(C(C)C)C2=O)cn1. The number of hydrogen-bond donors (Lipinski definition) is 2. The Bertz CT molecular complexity index is 566. The van der Waals surface area contributed by atoms with E-state index in [-0.39, 0.29) is 36.7 Å². The van der Waals surface area contributed by atoms with Gasteiger partial charge in [-0.1, -0.05) is 0 Å². The molecule has 1 fully saturated rings. The molecule has 21 heavy (non-hydrogen) atoms. The molecule has 8 heteroatoms. The van der Waals surface area contributed by atoms with Crippen molar-refractivity contribution >= 4 is 23.4 Å². The molecule has 1 unspecified atom stereocenters. The molecule has 0 spiro atoms. The van der Waals surface area contributed by atoms with E-state index in [1.807, 2.05) is 0 Å². The van der Waals surface area contributed by atoms with Gasteiger partial charge in [0.2, 0.25) is 11.8 Å². The van der Waals surface area contributed by atoms with Gasteiger partial charge < -0.3 is 10.6 Å². The van der Waals surface area contributed by atoms with E-state index in [0.29, 0.717) is 5.69 Å². The summed E-state index contributed by atoms with van der Waals surface area (Å²) in [6.45, 7) is 3.72. The van der Waals surface area contributed by atoms with Crippen molar-refractivity contribution in [3.8, 4) is 0 Å². The van der Waals surface area contributed by atoms with Gasteiger partial charge in [-0.3, -0.25) is 24.0 Å². The fourth-order valence-corrected chi connectivity index (χ4v) is 2.26. The molecule has 3 amide bonds. The number of imide groups is 1. The number of rotatable bonds is 5. The summed E-state index contributed by atoms with van der Waals surface area (Å²) in [5.41, 5.74) is 0.607. The fraction of sp³-hybridized carbons (Fsp3) is 0.538. The topological polar surface area (TPSA) is 96.3 Å². The van der Waals surface area contributed by atoms with Gasteiger partial charge in [-0.25, -0.2) is 0 Å². The molecule has 0 bridgehead atoms. The highest BCUT2D eigenvalue weighted by atomic mass is 16.2. The largest absolute Gasteiger partial charge is 0.371 e. The molecule has 0 aliphatic carbocycles. The Morgan fingerprint density at radius 3 is 2.76 bits per heavy atom. The van der Waals surface area contributed by atoms with Gasteiger partial charge in [0, 0.05) is 19.3 Å². The predicted molar refractivity (Wildman–Crippen MR) is 75.3 cm³/mol. The van der Waals surface area contributed by atoms with Crippen LogP contribution in [0.5, 0.6) is 0 Å². The molecule has 0 radical (unpaired) electrons. The molecular weight excluding hydrogens is 274 g/mol. The molecule has 1 saturated heterocycles. The predicted octanol–water partition coefficient (Wildman–Crippen LogP) is -0.423. The summed E-state index contributed by atoms with van der Waals surface area (Å²) in [7, 11) is 1.55. The zero-order chi connectivity index (χ0) is 15.6. The second kappa shape index (κ2) is 5.94. The van der Waals surface area contributed by atoms with Gasteiger partial charge >= 0.3 is 0 Å². The lowest BCUT2D eigenvalue weighted by Crippen LogP contribution is -2.39. The summed E-state index contributed by atoms with van der Waals surface area (Å²) in [5, 5.41) is 9.52. The maximum atomic E-state index is 12.1. The van der Waals surface area contributed by atoms with Crippen molar-refractivity contribution in [2.24, 2.45) is 0 Å². The van der Waals surface area contributed by atoms with Crippen LogP contribution in [0.3, 0.4) is 0 Å². The first-order chi connectivity index (χ1) is 9.92. The number of likely N-dealkylation sites (N-methyl/N-ethyl adjacent to an activating group) is 1. The van der Waals surface area contributed by atoms with E-state index >= 15 is 0 Å². The number of nitrogens with zero attached hydrogens (tertiary/aromatic N) is 3. The Morgan fingerprint density at radius 2 is 2.19 bits per heavy atom. The highest BCUT2D eigenvalue weighted by Crippen LogP contribution is 2.20. The van der Waals surface area contributed by atoms with Crippen molar-refractivity contribution < 1.29 is 14.4 Å². The molecule has 0 aromatic carbocycles. The molecule has 1 aliphatic rings. The molecule has 2 heterocycles. The molecule has 114 valence electrons. The lowest BCUT2D eigenvalue weighted by molar-refractivity contribution is -0.140. The third kappa shape index (κ3) is 3.21. The Morgan fingerprint density at radius 1 is 1.48 bits per heavy atom. The summed E-state index contributed by atoms with van der Waals surface area (Å²) < 4.78 is 1.46. The standard InChI is InChI=1S/C13H19N5O3/c1-8(2)18-12(20)4-10(13(18)21)16-9-5-15-17(6-9)7-11(19)14-3/h5-6,8,10,16H,4,7H2,1-3H3,(H,14,19). The van der Waals surface area contributed by atoms with Gasteiger partial charge in [-0.05, 0) is 13.8 Å². The lowest BCUT2D eigenvalue weighted by atomic mass is 10.2. The van der Waals surface area contributed by atoms with E-state index < -0.39 is 6.04 Å². The first-order valence-corrected chi connectivity index (χ1v) is 6.78. The van der Waals surface area contributed by atoms with Crippen molar-refractivity contribution in [2.75, 3.05) is 12.4 Å². The zero-order valence-electron chi connectivity index (χ0n) is 12.3. The molecule has 1 atom stereocenters. The normalized spacial score (nSPS) is 18.5. The van der Waals surface area contributed by atoms with E-state index in [0.717, 1.165) is 0 Å². The summed E-state index contributed by atoms with van der Waals surface area (Å²) in [4.78, 5) is 36.5. The molecule has 1 aromatic heterocycles. The Labute approximate surface area is 122 Å². The van der Waals surface area contributed by atoms with E-state index in [4.69, 9.17) is 0 Å². The number of carbonyl (C=O) groups excluding carboxylic acids is 3. The van der Waals surface area contributed by atoms with Crippen LogP contribution in [0.25, 0.3) is 0 Å². The molecule has 0 saturated carbocycles. The molecular formula is C13H19N5O3. The second-order valence-corrected chi connectivity index (χ2v) is 5.20. The van der Waals surface area contributed by atoms with Gasteiger partial charge in [0.1, 0.15) is 12.6 Å². The third-order valence-electron chi connectivity index (χ3n) is 3.26. The monoisotopic (exact) mass is 293 g/mol. The van der Waals surface area contributed by atoms with Crippen LogP contribution < -0.4 is 10.6 Å². The maximum absolute atomic E-state index is 12.1. The third-order valence-corrected chi connectivity index (χ3v) is 3.26. The molecule has 8 nitrogen and oxygen atoms in total. The lowest BCUT2D eigenvalue weighted by Gasteiger charge is -2.19. The minimum atomic E-state index is -0.572. The maximum Gasteiger partial charge on any atom is 0.252 e. The van der Waals surface area contributed by atoms with Crippen molar-refractivity contribution in [1.29, 1.82) is 0 Å². The summed E-state index contributed by atoms with van der Waals surface area (Å²) in [5.74, 6) is -0.568. The van der Waals surface area contributed by atoms with Crippen molar-refractivity contribution in [3.63, 3.8) is 0 Å². The van der Waals surface area contributed by atoms with Gasteiger partial charge in [-0.2, -0.15) is 5.10 Å². The Kier molecular flexibility index (Phi) is 4.25. The smallest absolute Gasteiger partial charge is 0.252 e. The average molecular weight is 293 g/mol. The highest BCUT2D eigenvalue weighted by Gasteiger charge is 2.39. The van der Waals surface area contributed by atoms with Crippen LogP contribution in [0.4, 0.5) is 5.69 Å². The van der Waals surface area contributed by atoms with Crippen LogP contribution in [-0.4, -0.2) is 51.5 Å². The van der Waals surface area contributed by atoms with Crippen LogP contribution in [-0.2, 0) is 20.9 Å². The van der Waals surface area contributed by atoms with Gasteiger partial charge in [0.15, 0.2) is 0 Å². The number of nitrogens with one attached hydrogen (secondary N) is 2. The van der Waals surface area contributed by atoms with Crippen LogP contribution in [0, 0.1) is 0 Å². The number of anilines is 1. The van der Waals surface area contributed by atoms with Crippen LogP contribution in [0.2, 0.25) is 0 Å². The van der Waals surface area contributed by atoms with Crippen LogP contribution in [0.1, 0.15) is 20.3 Å². The molecule has 2 N–H and O–H groups in total. The molecule has 1 aliphatic heterocycles. The first kappa shape index (κ1) is 15.0. The van der Waals surface area contributed by atoms with E-state index in [9.17, 15) is 14.4 Å². The number of likely N-dealkylation sites (tertiary alicyclic amines) is 1. The van der Waals surface area contributed by atoms with Crippen molar-refractivity contribution in [3.05, 3.63) is 12.4 Å². The highest BCUT2D eigenvalue weighted by molar-refractivity contribution is 6.07. The minimum Gasteiger partial charge on any atom is -0.371 e. The van der Waals surface area contributed by atoms with E-state index in [1.54, 1.807) is 27.1 Å². The van der Waals surface area contributed by atoms with Crippen molar-refractivity contribution in [1.82, 2.24) is 20.0 Å². The summed E-state index contributed by atoms with van der Waals surface area (Å²) in [6, 6.07) is -0.717. The van der Waals surface area contributed by atoms with E-state index in [1.165, 1.54) is 15.8 Å². The Hall–Kier alpha value is -2.38. The zero-order valence-corrected chi connectivity index (χ0v) is 12.3. The minimum absolute atomic E-state index is 0.105.